The van der Waals surface area contributed by atoms with Crippen molar-refractivity contribution < 1.29 is 14.7 Å². The lowest BCUT2D eigenvalue weighted by Gasteiger charge is -2.22. The van der Waals surface area contributed by atoms with E-state index in [0.29, 0.717) is 24.2 Å². The molecule has 2 atom stereocenters. The van der Waals surface area contributed by atoms with E-state index in [1.54, 1.807) is 24.3 Å². The standard InChI is InChI=1S/C15H20N2O3/c1-10(17-8-7-14(19)9-17)15(20)16-13-5-3-12(4-6-13)11(2)18/h3-6,10,14,19H,7-9H2,1-2H3,(H,16,20)/t10?,14-/m0/s1. The first kappa shape index (κ1) is 14.7. The highest BCUT2D eigenvalue weighted by Crippen LogP contribution is 2.15. The van der Waals surface area contributed by atoms with Gasteiger partial charge in [0.15, 0.2) is 5.78 Å². The van der Waals surface area contributed by atoms with Crippen molar-refractivity contribution in [2.24, 2.45) is 0 Å². The van der Waals surface area contributed by atoms with Crippen LogP contribution in [0.2, 0.25) is 0 Å². The molecule has 0 spiro atoms. The molecule has 1 aromatic carbocycles. The molecule has 0 aliphatic carbocycles. The van der Waals surface area contributed by atoms with Gasteiger partial charge in [-0.3, -0.25) is 14.5 Å². The predicted molar refractivity (Wildman–Crippen MR) is 76.7 cm³/mol. The molecule has 1 unspecified atom stereocenters. The number of benzene rings is 1. The first-order valence-corrected chi connectivity index (χ1v) is 6.81. The lowest BCUT2D eigenvalue weighted by atomic mass is 10.1. The molecule has 1 aromatic rings. The van der Waals surface area contributed by atoms with Gasteiger partial charge in [-0.15, -0.1) is 0 Å². The number of hydrogen-bond acceptors (Lipinski definition) is 4. The number of carbonyl (C=O) groups excluding carboxylic acids is 2. The minimum absolute atomic E-state index is 0.00213. The van der Waals surface area contributed by atoms with Crippen LogP contribution in [0.5, 0.6) is 0 Å². The molecule has 108 valence electrons. The van der Waals surface area contributed by atoms with Crippen LogP contribution in [0.4, 0.5) is 5.69 Å². The zero-order chi connectivity index (χ0) is 14.7. The maximum Gasteiger partial charge on any atom is 0.241 e. The predicted octanol–water partition coefficient (Wildman–Crippen LogP) is 1.28. The Morgan fingerprint density at radius 3 is 2.50 bits per heavy atom. The van der Waals surface area contributed by atoms with Crippen LogP contribution in [0.15, 0.2) is 24.3 Å². The van der Waals surface area contributed by atoms with E-state index in [1.165, 1.54) is 6.92 Å². The van der Waals surface area contributed by atoms with Gasteiger partial charge in [0.2, 0.25) is 5.91 Å². The summed E-state index contributed by atoms with van der Waals surface area (Å²) in [6, 6.07) is 6.56. The summed E-state index contributed by atoms with van der Waals surface area (Å²) in [5.74, 6) is -0.100. The van der Waals surface area contributed by atoms with Gasteiger partial charge >= 0.3 is 0 Å². The second-order valence-electron chi connectivity index (χ2n) is 5.24. The highest BCUT2D eigenvalue weighted by molar-refractivity contribution is 5.96. The van der Waals surface area contributed by atoms with Crippen molar-refractivity contribution in [1.29, 1.82) is 0 Å². The van der Waals surface area contributed by atoms with Crippen molar-refractivity contribution in [3.8, 4) is 0 Å². The van der Waals surface area contributed by atoms with Gasteiger partial charge in [-0.25, -0.2) is 0 Å². The molecule has 1 saturated heterocycles. The van der Waals surface area contributed by atoms with Gasteiger partial charge < -0.3 is 10.4 Å². The van der Waals surface area contributed by atoms with Gasteiger partial charge in [-0.2, -0.15) is 0 Å². The molecule has 0 radical (unpaired) electrons. The highest BCUT2D eigenvalue weighted by Gasteiger charge is 2.28. The van der Waals surface area contributed by atoms with Gasteiger partial charge in [-0.05, 0) is 44.5 Å². The Balaban J connectivity index is 1.95. The number of anilines is 1. The Bertz CT molecular complexity index is 498. The van der Waals surface area contributed by atoms with E-state index in [4.69, 9.17) is 0 Å². The molecule has 1 heterocycles. The second-order valence-corrected chi connectivity index (χ2v) is 5.24. The zero-order valence-electron chi connectivity index (χ0n) is 11.8. The summed E-state index contributed by atoms with van der Waals surface area (Å²) in [4.78, 5) is 25.3. The Labute approximate surface area is 118 Å². The van der Waals surface area contributed by atoms with Gasteiger partial charge in [0.25, 0.3) is 0 Å². The molecule has 5 nitrogen and oxygen atoms in total. The van der Waals surface area contributed by atoms with E-state index in [2.05, 4.69) is 5.32 Å². The van der Waals surface area contributed by atoms with E-state index >= 15 is 0 Å². The lowest BCUT2D eigenvalue weighted by molar-refractivity contribution is -0.120. The Kier molecular flexibility index (Phi) is 4.52. The number of hydrogen-bond donors (Lipinski definition) is 2. The van der Waals surface area contributed by atoms with Crippen LogP contribution in [0.3, 0.4) is 0 Å². The highest BCUT2D eigenvalue weighted by atomic mass is 16.3. The fourth-order valence-corrected chi connectivity index (χ4v) is 2.32. The van der Waals surface area contributed by atoms with E-state index < -0.39 is 0 Å². The molecule has 20 heavy (non-hydrogen) atoms. The number of nitrogens with zero attached hydrogens (tertiary/aromatic N) is 1. The molecule has 2 rings (SSSR count). The van der Waals surface area contributed by atoms with Gasteiger partial charge in [0.1, 0.15) is 0 Å². The Morgan fingerprint density at radius 2 is 2.00 bits per heavy atom. The molecule has 0 aromatic heterocycles. The smallest absolute Gasteiger partial charge is 0.241 e. The maximum absolute atomic E-state index is 12.1. The number of ketones is 1. The van der Waals surface area contributed by atoms with Crippen molar-refractivity contribution in [3.63, 3.8) is 0 Å². The van der Waals surface area contributed by atoms with Crippen LogP contribution < -0.4 is 5.32 Å². The van der Waals surface area contributed by atoms with Crippen molar-refractivity contribution in [2.45, 2.75) is 32.4 Å². The number of likely N-dealkylation sites (tertiary alicyclic amines) is 1. The number of amides is 1. The quantitative estimate of drug-likeness (QED) is 0.813. The maximum atomic E-state index is 12.1. The van der Waals surface area contributed by atoms with Crippen LogP contribution in [0.25, 0.3) is 0 Å². The normalized spacial score (nSPS) is 20.6. The fraction of sp³-hybridized carbons (Fsp3) is 0.467. The number of Topliss-reactive ketones (excluding diaryl/α,β-unsaturated/α-hetero) is 1. The van der Waals surface area contributed by atoms with Gasteiger partial charge in [0.05, 0.1) is 12.1 Å². The van der Waals surface area contributed by atoms with Crippen LogP contribution >= 0.6 is 0 Å². The Morgan fingerprint density at radius 1 is 1.35 bits per heavy atom. The lowest BCUT2D eigenvalue weighted by Crippen LogP contribution is -2.41. The number of nitrogens with one attached hydrogen (secondary N) is 1. The van der Waals surface area contributed by atoms with E-state index in [-0.39, 0.29) is 23.8 Å². The van der Waals surface area contributed by atoms with E-state index in [1.807, 2.05) is 11.8 Å². The molecule has 0 bridgehead atoms. The third-order valence-corrected chi connectivity index (χ3v) is 3.68. The first-order valence-electron chi connectivity index (χ1n) is 6.81. The number of rotatable bonds is 4. The van der Waals surface area contributed by atoms with Gasteiger partial charge in [-0.1, -0.05) is 0 Å². The van der Waals surface area contributed by atoms with Crippen molar-refractivity contribution in [1.82, 2.24) is 4.90 Å². The van der Waals surface area contributed by atoms with Crippen LogP contribution in [0.1, 0.15) is 30.6 Å². The summed E-state index contributed by atoms with van der Waals surface area (Å²) < 4.78 is 0. The van der Waals surface area contributed by atoms with Crippen molar-refractivity contribution in [2.75, 3.05) is 18.4 Å². The number of β-amino-alcohol motifs (C(OH)–C–C–N with tert-alkyl or cyclic N) is 1. The van der Waals surface area contributed by atoms with Gasteiger partial charge in [0, 0.05) is 24.3 Å². The molecular weight excluding hydrogens is 256 g/mol. The summed E-state index contributed by atoms with van der Waals surface area (Å²) >= 11 is 0. The molecule has 1 fully saturated rings. The average Bonchev–Trinajstić information content (AvgIpc) is 2.85. The summed E-state index contributed by atoms with van der Waals surface area (Å²) in [5.41, 5.74) is 1.30. The second kappa shape index (κ2) is 6.15. The van der Waals surface area contributed by atoms with E-state index in [9.17, 15) is 14.7 Å². The monoisotopic (exact) mass is 276 g/mol. The average molecular weight is 276 g/mol. The summed E-state index contributed by atoms with van der Waals surface area (Å²) in [7, 11) is 0. The first-order chi connectivity index (χ1) is 9.47. The molecule has 1 aliphatic heterocycles. The molecule has 0 saturated carbocycles. The van der Waals surface area contributed by atoms with Crippen LogP contribution in [0, 0.1) is 0 Å². The fourth-order valence-electron chi connectivity index (χ4n) is 2.32. The Hall–Kier alpha value is -1.72. The van der Waals surface area contributed by atoms with Crippen LogP contribution in [-0.2, 0) is 4.79 Å². The summed E-state index contributed by atoms with van der Waals surface area (Å²) in [5, 5.41) is 12.3. The largest absolute Gasteiger partial charge is 0.392 e. The summed E-state index contributed by atoms with van der Waals surface area (Å²) in [6.07, 6.45) is 0.380. The third kappa shape index (κ3) is 3.43. The topological polar surface area (TPSA) is 69.6 Å². The minimum Gasteiger partial charge on any atom is -0.392 e. The molecule has 2 N–H and O–H groups in total. The molecule has 1 aliphatic rings. The third-order valence-electron chi connectivity index (χ3n) is 3.68. The van der Waals surface area contributed by atoms with Crippen LogP contribution in [-0.4, -0.2) is 46.9 Å². The zero-order valence-corrected chi connectivity index (χ0v) is 11.8. The molecule has 1 amide bonds. The molecular formula is C15H20N2O3. The minimum atomic E-state index is -0.333. The number of carbonyl (C=O) groups is 2. The SMILES string of the molecule is CC(=O)c1ccc(NC(=O)C(C)N2CC[C@H](O)C2)cc1. The summed E-state index contributed by atoms with van der Waals surface area (Å²) in [6.45, 7) is 4.61. The molecule has 5 heteroatoms. The number of aliphatic hydroxyl groups excluding tert-OH is 1. The van der Waals surface area contributed by atoms with E-state index in [0.717, 1.165) is 6.54 Å². The van der Waals surface area contributed by atoms with Crippen molar-refractivity contribution in [3.05, 3.63) is 29.8 Å². The van der Waals surface area contributed by atoms with Crippen molar-refractivity contribution >= 4 is 17.4 Å². The number of aliphatic hydroxyl groups is 1.